The number of halogens is 1. The number of aryl methyl sites for hydroxylation is 1. The molecule has 1 N–H and O–H groups in total. The first-order valence-electron chi connectivity index (χ1n) is 7.95. The Balaban J connectivity index is 1.89. The minimum Gasteiger partial charge on any atom is -0.310 e. The smallest absolute Gasteiger partial charge is 0.235 e. The molecule has 25 heavy (non-hydrogen) atoms. The molecule has 0 fully saturated rings. The molecule has 3 aromatic rings. The van der Waals surface area contributed by atoms with E-state index >= 15 is 0 Å². The number of nitrogens with zero attached hydrogens (tertiary/aromatic N) is 2. The summed E-state index contributed by atoms with van der Waals surface area (Å²) in [4.78, 5) is 12.2. The Morgan fingerprint density at radius 2 is 1.88 bits per heavy atom. The molecule has 0 bridgehead atoms. The number of rotatable bonds is 2. The largest absolute Gasteiger partial charge is 0.310 e. The zero-order valence-electron chi connectivity index (χ0n) is 13.6. The van der Waals surface area contributed by atoms with Gasteiger partial charge in [-0.15, -0.1) is 11.8 Å². The highest BCUT2D eigenvalue weighted by Gasteiger charge is 2.30. The van der Waals surface area contributed by atoms with E-state index in [1.54, 1.807) is 28.6 Å². The minimum absolute atomic E-state index is 0.0179. The molecule has 0 unspecified atom stereocenters. The van der Waals surface area contributed by atoms with Gasteiger partial charge in [-0.1, -0.05) is 30.3 Å². The molecule has 0 aliphatic carbocycles. The highest BCUT2D eigenvalue weighted by Crippen LogP contribution is 2.43. The Morgan fingerprint density at radius 1 is 1.16 bits per heavy atom. The summed E-state index contributed by atoms with van der Waals surface area (Å²) in [7, 11) is 0. The van der Waals surface area contributed by atoms with Crippen molar-refractivity contribution in [3.63, 3.8) is 0 Å². The van der Waals surface area contributed by atoms with Gasteiger partial charge in [0.05, 0.1) is 22.4 Å². The van der Waals surface area contributed by atoms with Crippen LogP contribution in [0, 0.1) is 12.7 Å². The molecular weight excluding hydrogens is 337 g/mol. The molecule has 1 aliphatic rings. The topological polar surface area (TPSA) is 46.9 Å². The van der Waals surface area contributed by atoms with Crippen LogP contribution in [0.1, 0.15) is 22.1 Å². The van der Waals surface area contributed by atoms with Gasteiger partial charge >= 0.3 is 0 Å². The molecule has 2 heterocycles. The average Bonchev–Trinajstić information content (AvgIpc) is 2.83. The van der Waals surface area contributed by atoms with Crippen LogP contribution in [-0.4, -0.2) is 21.4 Å². The summed E-state index contributed by atoms with van der Waals surface area (Å²) in [6, 6.07) is 16.2. The average molecular weight is 353 g/mol. The zero-order chi connectivity index (χ0) is 17.4. The molecule has 1 aromatic heterocycles. The van der Waals surface area contributed by atoms with Crippen molar-refractivity contribution in [3.05, 3.63) is 77.2 Å². The van der Waals surface area contributed by atoms with Crippen LogP contribution in [0.15, 0.2) is 54.6 Å². The highest BCUT2D eigenvalue weighted by atomic mass is 32.2. The predicted octanol–water partition coefficient (Wildman–Crippen LogP) is 4.09. The fraction of sp³-hybridized carbons (Fsp3) is 0.158. The van der Waals surface area contributed by atoms with Crippen LogP contribution in [0.25, 0.3) is 5.69 Å². The number of carbonyl (C=O) groups is 1. The van der Waals surface area contributed by atoms with E-state index in [9.17, 15) is 9.18 Å². The second-order valence-electron chi connectivity index (χ2n) is 5.89. The van der Waals surface area contributed by atoms with E-state index in [4.69, 9.17) is 0 Å². The molecule has 1 atom stereocenters. The number of thioether (sulfide) groups is 1. The lowest BCUT2D eigenvalue weighted by molar-refractivity contribution is -0.113. The third kappa shape index (κ3) is 2.93. The van der Waals surface area contributed by atoms with Crippen molar-refractivity contribution < 1.29 is 9.18 Å². The molecule has 0 saturated carbocycles. The van der Waals surface area contributed by atoms with E-state index in [-0.39, 0.29) is 17.0 Å². The maximum Gasteiger partial charge on any atom is 0.235 e. The van der Waals surface area contributed by atoms with Crippen molar-refractivity contribution in [2.24, 2.45) is 0 Å². The van der Waals surface area contributed by atoms with Gasteiger partial charge in [0.2, 0.25) is 5.91 Å². The van der Waals surface area contributed by atoms with Crippen molar-refractivity contribution in [1.29, 1.82) is 0 Å². The van der Waals surface area contributed by atoms with Gasteiger partial charge in [-0.25, -0.2) is 9.07 Å². The van der Waals surface area contributed by atoms with Crippen LogP contribution in [0.2, 0.25) is 0 Å². The standard InChI is InChI=1S/C19H16FN3OS/c1-12-17-18(13-5-3-2-4-6-13)25-11-16(24)21-19(17)23(22-12)15-9-7-14(20)8-10-15/h2-10,18H,11H2,1H3,(H,21,24)/t18-/m0/s1. The maximum absolute atomic E-state index is 13.3. The van der Waals surface area contributed by atoms with E-state index in [1.165, 1.54) is 12.1 Å². The first-order chi connectivity index (χ1) is 12.1. The fourth-order valence-corrected chi connectivity index (χ4v) is 4.23. The Bertz CT molecular complexity index is 922. The molecule has 6 heteroatoms. The summed E-state index contributed by atoms with van der Waals surface area (Å²) in [6.07, 6.45) is 0. The Morgan fingerprint density at radius 3 is 2.60 bits per heavy atom. The van der Waals surface area contributed by atoms with Crippen LogP contribution in [0.3, 0.4) is 0 Å². The lowest BCUT2D eigenvalue weighted by atomic mass is 10.0. The van der Waals surface area contributed by atoms with E-state index in [0.29, 0.717) is 17.3 Å². The van der Waals surface area contributed by atoms with Crippen LogP contribution in [-0.2, 0) is 4.79 Å². The molecule has 4 nitrogen and oxygen atoms in total. The molecule has 126 valence electrons. The summed E-state index contributed by atoms with van der Waals surface area (Å²) in [6.45, 7) is 1.94. The van der Waals surface area contributed by atoms with Gasteiger partial charge in [0.1, 0.15) is 11.6 Å². The maximum atomic E-state index is 13.3. The van der Waals surface area contributed by atoms with Crippen molar-refractivity contribution in [3.8, 4) is 5.69 Å². The van der Waals surface area contributed by atoms with Crippen molar-refractivity contribution in [1.82, 2.24) is 9.78 Å². The van der Waals surface area contributed by atoms with Gasteiger partial charge < -0.3 is 5.32 Å². The van der Waals surface area contributed by atoms with Crippen LogP contribution in [0.4, 0.5) is 10.2 Å². The second kappa shape index (κ2) is 6.37. The number of fused-ring (bicyclic) bond motifs is 1. The number of hydrogen-bond acceptors (Lipinski definition) is 3. The van der Waals surface area contributed by atoms with Gasteiger partial charge in [0.25, 0.3) is 0 Å². The third-order valence-electron chi connectivity index (χ3n) is 4.18. The van der Waals surface area contributed by atoms with Gasteiger partial charge in [-0.2, -0.15) is 5.10 Å². The minimum atomic E-state index is -0.305. The fourth-order valence-electron chi connectivity index (χ4n) is 3.04. The van der Waals surface area contributed by atoms with Crippen LogP contribution in [0.5, 0.6) is 0 Å². The van der Waals surface area contributed by atoms with E-state index in [0.717, 1.165) is 16.8 Å². The number of nitrogens with one attached hydrogen (secondary N) is 1. The molecule has 2 aromatic carbocycles. The molecule has 0 saturated heterocycles. The highest BCUT2D eigenvalue weighted by molar-refractivity contribution is 8.00. The summed E-state index contributed by atoms with van der Waals surface area (Å²) in [5.74, 6) is 0.665. The van der Waals surface area contributed by atoms with E-state index in [1.807, 2.05) is 25.1 Å². The van der Waals surface area contributed by atoms with E-state index < -0.39 is 0 Å². The second-order valence-corrected chi connectivity index (χ2v) is 6.98. The SMILES string of the molecule is Cc1nn(-c2ccc(F)cc2)c2c1[C@H](c1ccccc1)SCC(=O)N2. The molecule has 0 radical (unpaired) electrons. The molecule has 4 rings (SSSR count). The summed E-state index contributed by atoms with van der Waals surface area (Å²) >= 11 is 1.59. The third-order valence-corrected chi connectivity index (χ3v) is 5.45. The van der Waals surface area contributed by atoms with Gasteiger partial charge in [0.15, 0.2) is 0 Å². The summed E-state index contributed by atoms with van der Waals surface area (Å²) in [5, 5.41) is 7.60. The lowest BCUT2D eigenvalue weighted by Gasteiger charge is -2.15. The molecule has 1 aliphatic heterocycles. The predicted molar refractivity (Wildman–Crippen MR) is 97.6 cm³/mol. The van der Waals surface area contributed by atoms with Gasteiger partial charge in [0, 0.05) is 5.56 Å². The number of amides is 1. The summed E-state index contributed by atoms with van der Waals surface area (Å²) < 4.78 is 14.9. The number of carbonyl (C=O) groups excluding carboxylic acids is 1. The molecule has 1 amide bonds. The number of benzene rings is 2. The molecular formula is C19H16FN3OS. The van der Waals surface area contributed by atoms with E-state index in [2.05, 4.69) is 22.5 Å². The lowest BCUT2D eigenvalue weighted by Crippen LogP contribution is -2.15. The number of hydrogen-bond donors (Lipinski definition) is 1. The quantitative estimate of drug-likeness (QED) is 0.755. The number of aromatic nitrogens is 2. The Hall–Kier alpha value is -2.60. The normalized spacial score (nSPS) is 16.9. The van der Waals surface area contributed by atoms with Gasteiger partial charge in [-0.3, -0.25) is 4.79 Å². The van der Waals surface area contributed by atoms with Crippen LogP contribution >= 0.6 is 11.8 Å². The number of anilines is 1. The summed E-state index contributed by atoms with van der Waals surface area (Å²) in [5.41, 5.74) is 3.69. The first kappa shape index (κ1) is 15.9. The zero-order valence-corrected chi connectivity index (χ0v) is 14.4. The van der Waals surface area contributed by atoms with Gasteiger partial charge in [-0.05, 0) is 36.8 Å². The monoisotopic (exact) mass is 353 g/mol. The van der Waals surface area contributed by atoms with Crippen molar-refractivity contribution >= 4 is 23.5 Å². The van der Waals surface area contributed by atoms with Crippen molar-refractivity contribution in [2.45, 2.75) is 12.2 Å². The molecule has 0 spiro atoms. The first-order valence-corrected chi connectivity index (χ1v) is 9.00. The Kier molecular flexibility index (Phi) is 4.05. The van der Waals surface area contributed by atoms with Crippen LogP contribution < -0.4 is 5.32 Å². The van der Waals surface area contributed by atoms with Crippen molar-refractivity contribution in [2.75, 3.05) is 11.1 Å². The Labute approximate surface area is 149 Å².